The summed E-state index contributed by atoms with van der Waals surface area (Å²) in [5.74, 6) is 0. The first-order valence-corrected chi connectivity index (χ1v) is 8.17. The van der Waals surface area contributed by atoms with E-state index in [9.17, 15) is 14.9 Å². The van der Waals surface area contributed by atoms with Gasteiger partial charge in [0.1, 0.15) is 11.3 Å². The zero-order valence-corrected chi connectivity index (χ0v) is 14.7. The number of amides is 1. The van der Waals surface area contributed by atoms with E-state index in [0.717, 1.165) is 24.9 Å². The van der Waals surface area contributed by atoms with Gasteiger partial charge in [0.2, 0.25) is 0 Å². The Morgan fingerprint density at radius 3 is 2.67 bits per heavy atom. The third-order valence-electron chi connectivity index (χ3n) is 3.81. The zero-order valence-electron chi connectivity index (χ0n) is 14.7. The first kappa shape index (κ1) is 18.2. The van der Waals surface area contributed by atoms with Gasteiger partial charge in [-0.3, -0.25) is 15.0 Å². The quantitative estimate of drug-likeness (QED) is 0.676. The highest BCUT2D eigenvalue weighted by molar-refractivity contribution is 5.91. The van der Waals surface area contributed by atoms with Crippen LogP contribution in [0.15, 0.2) is 18.2 Å². The number of nitrogens with one attached hydrogen (secondary N) is 1. The van der Waals surface area contributed by atoms with E-state index in [1.165, 1.54) is 11.0 Å². The lowest BCUT2D eigenvalue weighted by atomic mass is 10.0. The standard InChI is InChI=1S/C17H25N3O4/c1-12-7-8-14(20(22)23)15(10-12)19(13-6-5-9-18-11-13)16(21)24-17(2,3)4/h7-8,10,13,18H,5-6,9,11H2,1-4H3. The normalized spacial score (nSPS) is 18.1. The molecule has 0 aromatic heterocycles. The van der Waals surface area contributed by atoms with Crippen LogP contribution in [0, 0.1) is 17.0 Å². The number of carbonyl (C=O) groups excluding carboxylic acids is 1. The second-order valence-corrected chi connectivity index (χ2v) is 7.10. The molecule has 1 N–H and O–H groups in total. The number of benzene rings is 1. The Morgan fingerprint density at radius 1 is 1.42 bits per heavy atom. The maximum Gasteiger partial charge on any atom is 0.415 e. The van der Waals surface area contributed by atoms with Gasteiger partial charge in [-0.05, 0) is 58.7 Å². The highest BCUT2D eigenvalue weighted by Gasteiger charge is 2.34. The second kappa shape index (κ2) is 7.17. The van der Waals surface area contributed by atoms with E-state index in [-0.39, 0.29) is 11.7 Å². The van der Waals surface area contributed by atoms with Crippen molar-refractivity contribution in [2.45, 2.75) is 52.2 Å². The largest absolute Gasteiger partial charge is 0.443 e. The Balaban J connectivity index is 2.47. The van der Waals surface area contributed by atoms with Crippen LogP contribution in [0.4, 0.5) is 16.2 Å². The molecule has 24 heavy (non-hydrogen) atoms. The van der Waals surface area contributed by atoms with E-state index in [4.69, 9.17) is 4.74 Å². The third-order valence-corrected chi connectivity index (χ3v) is 3.81. The first-order chi connectivity index (χ1) is 11.2. The van der Waals surface area contributed by atoms with Crippen LogP contribution in [-0.4, -0.2) is 35.7 Å². The highest BCUT2D eigenvalue weighted by atomic mass is 16.6. The minimum absolute atomic E-state index is 0.0861. The molecule has 0 aliphatic carbocycles. The molecule has 1 heterocycles. The van der Waals surface area contributed by atoms with Gasteiger partial charge in [-0.15, -0.1) is 0 Å². The number of hydrogen-bond acceptors (Lipinski definition) is 5. The average molecular weight is 335 g/mol. The maximum absolute atomic E-state index is 12.8. The first-order valence-electron chi connectivity index (χ1n) is 8.17. The van der Waals surface area contributed by atoms with Crippen molar-refractivity contribution in [1.82, 2.24) is 5.32 Å². The number of hydrogen-bond donors (Lipinski definition) is 1. The van der Waals surface area contributed by atoms with E-state index in [1.54, 1.807) is 32.9 Å². The lowest BCUT2D eigenvalue weighted by molar-refractivity contribution is -0.384. The average Bonchev–Trinajstić information content (AvgIpc) is 2.46. The molecule has 1 fully saturated rings. The summed E-state index contributed by atoms with van der Waals surface area (Å²) in [5, 5.41) is 14.7. The topological polar surface area (TPSA) is 84.7 Å². The second-order valence-electron chi connectivity index (χ2n) is 7.10. The SMILES string of the molecule is Cc1ccc([N+](=O)[O-])c(N(C(=O)OC(C)(C)C)C2CCCNC2)c1. The molecule has 1 atom stereocenters. The number of carbonyl (C=O) groups is 1. The van der Waals surface area contributed by atoms with Crippen LogP contribution >= 0.6 is 0 Å². The fourth-order valence-corrected chi connectivity index (χ4v) is 2.79. The Kier molecular flexibility index (Phi) is 5.43. The van der Waals surface area contributed by atoms with Gasteiger partial charge in [-0.2, -0.15) is 0 Å². The maximum atomic E-state index is 12.8. The van der Waals surface area contributed by atoms with Crippen molar-refractivity contribution >= 4 is 17.5 Å². The molecule has 1 aliphatic rings. The number of anilines is 1. The summed E-state index contributed by atoms with van der Waals surface area (Å²) in [6.45, 7) is 8.67. The predicted octanol–water partition coefficient (Wildman–Crippen LogP) is 3.40. The summed E-state index contributed by atoms with van der Waals surface area (Å²) >= 11 is 0. The van der Waals surface area contributed by atoms with Crippen molar-refractivity contribution < 1.29 is 14.5 Å². The molecule has 0 radical (unpaired) electrons. The molecular formula is C17H25N3O4. The number of nitro groups is 1. The lowest BCUT2D eigenvalue weighted by Crippen LogP contribution is -2.50. The van der Waals surface area contributed by atoms with Gasteiger partial charge in [0.05, 0.1) is 11.0 Å². The molecule has 0 bridgehead atoms. The minimum atomic E-state index is -0.671. The van der Waals surface area contributed by atoms with E-state index in [2.05, 4.69) is 5.32 Å². The van der Waals surface area contributed by atoms with Crippen molar-refractivity contribution in [3.05, 3.63) is 33.9 Å². The Labute approximate surface area is 142 Å². The molecule has 1 aromatic carbocycles. The monoisotopic (exact) mass is 335 g/mol. The number of aryl methyl sites for hydroxylation is 1. The van der Waals surface area contributed by atoms with E-state index in [0.29, 0.717) is 12.2 Å². The van der Waals surface area contributed by atoms with E-state index >= 15 is 0 Å². The lowest BCUT2D eigenvalue weighted by Gasteiger charge is -2.35. The summed E-state index contributed by atoms with van der Waals surface area (Å²) in [6.07, 6.45) is 1.13. The van der Waals surface area contributed by atoms with Gasteiger partial charge in [0.25, 0.3) is 5.69 Å². The van der Waals surface area contributed by atoms with Crippen LogP contribution < -0.4 is 10.2 Å². The molecule has 1 amide bonds. The van der Waals surface area contributed by atoms with Crippen LogP contribution in [0.25, 0.3) is 0 Å². The number of nitrogens with zero attached hydrogens (tertiary/aromatic N) is 2. The van der Waals surface area contributed by atoms with Crippen LogP contribution in [0.1, 0.15) is 39.2 Å². The molecule has 0 spiro atoms. The van der Waals surface area contributed by atoms with Gasteiger partial charge in [0, 0.05) is 12.6 Å². The van der Waals surface area contributed by atoms with Crippen LogP contribution in [0.5, 0.6) is 0 Å². The van der Waals surface area contributed by atoms with Crippen molar-refractivity contribution in [3.63, 3.8) is 0 Å². The molecule has 2 rings (SSSR count). The fraction of sp³-hybridized carbons (Fsp3) is 0.588. The number of piperidine rings is 1. The van der Waals surface area contributed by atoms with Gasteiger partial charge in [-0.25, -0.2) is 4.79 Å². The summed E-state index contributed by atoms with van der Waals surface area (Å²) in [5.41, 5.74) is 0.392. The molecule has 132 valence electrons. The number of nitro benzene ring substituents is 1. The molecule has 1 aromatic rings. The number of rotatable bonds is 3. The summed E-state index contributed by atoms with van der Waals surface area (Å²) in [4.78, 5) is 25.2. The van der Waals surface area contributed by atoms with E-state index in [1.807, 2.05) is 6.92 Å². The summed E-state index contributed by atoms with van der Waals surface area (Å²) in [7, 11) is 0. The highest BCUT2D eigenvalue weighted by Crippen LogP contribution is 2.33. The van der Waals surface area contributed by atoms with Gasteiger partial charge < -0.3 is 10.1 Å². The molecule has 1 unspecified atom stereocenters. The van der Waals surface area contributed by atoms with Crippen LogP contribution in [-0.2, 0) is 4.74 Å². The summed E-state index contributed by atoms with van der Waals surface area (Å²) in [6, 6.07) is 4.62. The molecule has 1 saturated heterocycles. The van der Waals surface area contributed by atoms with Crippen molar-refractivity contribution in [1.29, 1.82) is 0 Å². The fourth-order valence-electron chi connectivity index (χ4n) is 2.79. The minimum Gasteiger partial charge on any atom is -0.443 e. The molecule has 1 aliphatic heterocycles. The molecule has 0 saturated carbocycles. The van der Waals surface area contributed by atoms with Gasteiger partial charge in [-0.1, -0.05) is 6.07 Å². The predicted molar refractivity (Wildman–Crippen MR) is 92.4 cm³/mol. The number of ether oxygens (including phenoxy) is 1. The molecule has 7 heteroatoms. The Bertz CT molecular complexity index is 619. The van der Waals surface area contributed by atoms with Crippen LogP contribution in [0.2, 0.25) is 0 Å². The third kappa shape index (κ3) is 4.44. The van der Waals surface area contributed by atoms with E-state index < -0.39 is 16.6 Å². The van der Waals surface area contributed by atoms with Gasteiger partial charge in [0.15, 0.2) is 0 Å². The van der Waals surface area contributed by atoms with Crippen molar-refractivity contribution in [2.75, 3.05) is 18.0 Å². The van der Waals surface area contributed by atoms with Gasteiger partial charge >= 0.3 is 6.09 Å². The molecule has 7 nitrogen and oxygen atoms in total. The summed E-state index contributed by atoms with van der Waals surface area (Å²) < 4.78 is 5.52. The van der Waals surface area contributed by atoms with Crippen molar-refractivity contribution in [2.24, 2.45) is 0 Å². The smallest absolute Gasteiger partial charge is 0.415 e. The van der Waals surface area contributed by atoms with Crippen molar-refractivity contribution in [3.8, 4) is 0 Å². The Morgan fingerprint density at radius 2 is 2.12 bits per heavy atom. The Hall–Kier alpha value is -2.15. The zero-order chi connectivity index (χ0) is 17.9. The molecular weight excluding hydrogens is 310 g/mol. The van der Waals surface area contributed by atoms with Crippen LogP contribution in [0.3, 0.4) is 0 Å².